The first kappa shape index (κ1) is 19.6. The maximum absolute atomic E-state index is 12.6. The van der Waals surface area contributed by atoms with Gasteiger partial charge in [-0.05, 0) is 42.9 Å². The van der Waals surface area contributed by atoms with E-state index in [1.807, 2.05) is 42.5 Å². The number of aromatic nitrogens is 1. The molecule has 0 bridgehead atoms. The molecule has 1 aromatic heterocycles. The molecule has 1 N–H and O–H groups in total. The van der Waals surface area contributed by atoms with E-state index in [2.05, 4.69) is 35.3 Å². The average Bonchev–Trinajstić information content (AvgIpc) is 3.22. The molecule has 1 heterocycles. The average molecular weight is 379 g/mol. The van der Waals surface area contributed by atoms with Crippen molar-refractivity contribution in [2.24, 2.45) is 0 Å². The van der Waals surface area contributed by atoms with Crippen molar-refractivity contribution in [2.45, 2.75) is 20.4 Å². The molecule has 0 fully saturated rings. The SMILES string of the molecule is CCN(CC)Cc1cccc(NC(=O)c2cc(-c3ccccc3OC)on2)c1. The van der Waals surface area contributed by atoms with Gasteiger partial charge in [0.2, 0.25) is 0 Å². The van der Waals surface area contributed by atoms with Crippen molar-refractivity contribution in [3.8, 4) is 17.1 Å². The van der Waals surface area contributed by atoms with Crippen LogP contribution in [-0.2, 0) is 6.54 Å². The number of benzene rings is 2. The largest absolute Gasteiger partial charge is 0.496 e. The predicted molar refractivity (Wildman–Crippen MR) is 110 cm³/mol. The van der Waals surface area contributed by atoms with Gasteiger partial charge in [0.1, 0.15) is 5.75 Å². The lowest BCUT2D eigenvalue weighted by molar-refractivity contribution is 0.101. The smallest absolute Gasteiger partial charge is 0.277 e. The minimum atomic E-state index is -0.315. The zero-order valence-corrected chi connectivity index (χ0v) is 16.4. The summed E-state index contributed by atoms with van der Waals surface area (Å²) in [5.41, 5.74) is 2.85. The number of nitrogens with zero attached hydrogens (tertiary/aromatic N) is 2. The van der Waals surface area contributed by atoms with Crippen LogP contribution in [0.3, 0.4) is 0 Å². The number of carbonyl (C=O) groups is 1. The van der Waals surface area contributed by atoms with Crippen LogP contribution in [0.25, 0.3) is 11.3 Å². The van der Waals surface area contributed by atoms with Crippen LogP contribution in [0.5, 0.6) is 5.75 Å². The summed E-state index contributed by atoms with van der Waals surface area (Å²) in [7, 11) is 1.59. The van der Waals surface area contributed by atoms with Crippen LogP contribution in [0.2, 0.25) is 0 Å². The van der Waals surface area contributed by atoms with Gasteiger partial charge in [0, 0.05) is 18.3 Å². The van der Waals surface area contributed by atoms with Crippen LogP contribution in [0.1, 0.15) is 29.9 Å². The zero-order chi connectivity index (χ0) is 19.9. The van der Waals surface area contributed by atoms with Gasteiger partial charge in [0.25, 0.3) is 5.91 Å². The van der Waals surface area contributed by atoms with E-state index in [0.717, 1.165) is 36.4 Å². The van der Waals surface area contributed by atoms with E-state index in [9.17, 15) is 4.79 Å². The highest BCUT2D eigenvalue weighted by molar-refractivity contribution is 6.03. The highest BCUT2D eigenvalue weighted by Crippen LogP contribution is 2.30. The zero-order valence-electron chi connectivity index (χ0n) is 16.4. The van der Waals surface area contributed by atoms with Gasteiger partial charge in [-0.3, -0.25) is 9.69 Å². The minimum Gasteiger partial charge on any atom is -0.496 e. The highest BCUT2D eigenvalue weighted by atomic mass is 16.5. The Hall–Kier alpha value is -3.12. The van der Waals surface area contributed by atoms with E-state index >= 15 is 0 Å². The molecular formula is C22H25N3O3. The minimum absolute atomic E-state index is 0.218. The van der Waals surface area contributed by atoms with Gasteiger partial charge in [0.15, 0.2) is 11.5 Å². The number of methoxy groups -OCH3 is 1. The molecule has 28 heavy (non-hydrogen) atoms. The second-order valence-electron chi connectivity index (χ2n) is 6.39. The topological polar surface area (TPSA) is 67.6 Å². The summed E-state index contributed by atoms with van der Waals surface area (Å²) < 4.78 is 10.7. The summed E-state index contributed by atoms with van der Waals surface area (Å²) in [5, 5.41) is 6.80. The van der Waals surface area contributed by atoms with E-state index in [4.69, 9.17) is 9.26 Å². The monoisotopic (exact) mass is 379 g/mol. The van der Waals surface area contributed by atoms with Crippen molar-refractivity contribution >= 4 is 11.6 Å². The van der Waals surface area contributed by atoms with Gasteiger partial charge in [-0.1, -0.05) is 43.3 Å². The maximum Gasteiger partial charge on any atom is 0.277 e. The van der Waals surface area contributed by atoms with Crippen molar-refractivity contribution in [3.05, 3.63) is 65.9 Å². The standard InChI is InChI=1S/C22H25N3O3/c1-4-25(5-2)15-16-9-8-10-17(13-16)23-22(26)19-14-21(28-24-19)18-11-6-7-12-20(18)27-3/h6-14H,4-5,15H2,1-3H3,(H,23,26). The molecular weight excluding hydrogens is 354 g/mol. The summed E-state index contributed by atoms with van der Waals surface area (Å²) in [6.45, 7) is 7.09. The highest BCUT2D eigenvalue weighted by Gasteiger charge is 2.16. The van der Waals surface area contributed by atoms with Crippen molar-refractivity contribution in [1.29, 1.82) is 0 Å². The number of nitrogens with one attached hydrogen (secondary N) is 1. The van der Waals surface area contributed by atoms with Crippen molar-refractivity contribution < 1.29 is 14.1 Å². The first-order valence-corrected chi connectivity index (χ1v) is 9.37. The lowest BCUT2D eigenvalue weighted by Crippen LogP contribution is -2.22. The molecule has 2 aromatic carbocycles. The molecule has 0 radical (unpaired) electrons. The van der Waals surface area contributed by atoms with Crippen LogP contribution < -0.4 is 10.1 Å². The number of rotatable bonds is 8. The van der Waals surface area contributed by atoms with Crippen LogP contribution in [0.15, 0.2) is 59.1 Å². The summed E-state index contributed by atoms with van der Waals surface area (Å²) in [6, 6.07) is 16.9. The Morgan fingerprint density at radius 1 is 1.11 bits per heavy atom. The number of hydrogen-bond donors (Lipinski definition) is 1. The van der Waals surface area contributed by atoms with Crippen LogP contribution in [0.4, 0.5) is 5.69 Å². The summed E-state index contributed by atoms with van der Waals surface area (Å²) >= 11 is 0. The number of anilines is 1. The van der Waals surface area contributed by atoms with Gasteiger partial charge in [-0.15, -0.1) is 0 Å². The third-order valence-corrected chi connectivity index (χ3v) is 4.60. The third kappa shape index (κ3) is 4.58. The number of amides is 1. The molecule has 3 aromatic rings. The molecule has 0 aliphatic carbocycles. The molecule has 0 atom stereocenters. The molecule has 3 rings (SSSR count). The van der Waals surface area contributed by atoms with E-state index in [1.54, 1.807) is 13.2 Å². The van der Waals surface area contributed by atoms with Gasteiger partial charge >= 0.3 is 0 Å². The van der Waals surface area contributed by atoms with Crippen LogP contribution in [-0.4, -0.2) is 36.2 Å². The van der Waals surface area contributed by atoms with Crippen LogP contribution >= 0.6 is 0 Å². The number of ether oxygens (including phenoxy) is 1. The van der Waals surface area contributed by atoms with E-state index in [1.165, 1.54) is 0 Å². The van der Waals surface area contributed by atoms with Gasteiger partial charge in [-0.2, -0.15) is 0 Å². The van der Waals surface area contributed by atoms with E-state index < -0.39 is 0 Å². The Bertz CT molecular complexity index is 932. The summed E-state index contributed by atoms with van der Waals surface area (Å²) in [6.07, 6.45) is 0. The fourth-order valence-corrected chi connectivity index (χ4v) is 3.01. The Morgan fingerprint density at radius 2 is 1.89 bits per heavy atom. The third-order valence-electron chi connectivity index (χ3n) is 4.60. The van der Waals surface area contributed by atoms with Gasteiger partial charge in [-0.25, -0.2) is 0 Å². The van der Waals surface area contributed by atoms with Crippen molar-refractivity contribution in [1.82, 2.24) is 10.1 Å². The van der Waals surface area contributed by atoms with Gasteiger partial charge in [0.05, 0.1) is 12.7 Å². The fourth-order valence-electron chi connectivity index (χ4n) is 3.01. The molecule has 6 nitrogen and oxygen atoms in total. The Morgan fingerprint density at radius 3 is 2.64 bits per heavy atom. The lowest BCUT2D eigenvalue weighted by atomic mass is 10.1. The van der Waals surface area contributed by atoms with Crippen molar-refractivity contribution in [2.75, 3.05) is 25.5 Å². The number of carbonyl (C=O) groups excluding carboxylic acids is 1. The molecule has 0 aliphatic rings. The summed E-state index contributed by atoms with van der Waals surface area (Å²) in [4.78, 5) is 14.9. The fraction of sp³-hybridized carbons (Fsp3) is 0.273. The number of para-hydroxylation sites is 1. The quantitative estimate of drug-likeness (QED) is 0.626. The molecule has 0 saturated carbocycles. The van der Waals surface area contributed by atoms with E-state index in [-0.39, 0.29) is 11.6 Å². The second-order valence-corrected chi connectivity index (χ2v) is 6.39. The normalized spacial score (nSPS) is 10.9. The Kier molecular flexibility index (Phi) is 6.45. The van der Waals surface area contributed by atoms with Gasteiger partial charge < -0.3 is 14.6 Å². The molecule has 6 heteroatoms. The molecule has 0 aliphatic heterocycles. The van der Waals surface area contributed by atoms with Crippen LogP contribution in [0, 0.1) is 0 Å². The molecule has 1 amide bonds. The Labute approximate surface area is 165 Å². The first-order valence-electron chi connectivity index (χ1n) is 9.37. The second kappa shape index (κ2) is 9.19. The van der Waals surface area contributed by atoms with E-state index in [0.29, 0.717) is 11.5 Å². The molecule has 146 valence electrons. The summed E-state index contributed by atoms with van der Waals surface area (Å²) in [5.74, 6) is 0.831. The number of hydrogen-bond acceptors (Lipinski definition) is 5. The maximum atomic E-state index is 12.6. The first-order chi connectivity index (χ1) is 13.6. The molecule has 0 saturated heterocycles. The predicted octanol–water partition coefficient (Wildman–Crippen LogP) is 4.44. The Balaban J connectivity index is 1.73. The van der Waals surface area contributed by atoms with Crippen molar-refractivity contribution in [3.63, 3.8) is 0 Å². The lowest BCUT2D eigenvalue weighted by Gasteiger charge is -2.18. The molecule has 0 spiro atoms. The molecule has 0 unspecified atom stereocenters.